The summed E-state index contributed by atoms with van der Waals surface area (Å²) in [7, 11) is 0. The second kappa shape index (κ2) is 5.02. The van der Waals surface area contributed by atoms with Crippen molar-refractivity contribution >= 4 is 11.6 Å². The quantitative estimate of drug-likeness (QED) is 0.666. The standard InChI is InChI=1S/C12H13NO/c1-3-10-13(12(14)4-2)11-8-6-5-7-9-11/h3-10H,2H2,1H3. The van der Waals surface area contributed by atoms with Gasteiger partial charge in [0.05, 0.1) is 0 Å². The number of benzene rings is 1. The van der Waals surface area contributed by atoms with Crippen molar-refractivity contribution in [1.82, 2.24) is 0 Å². The largest absolute Gasteiger partial charge is 0.285 e. The first-order valence-electron chi connectivity index (χ1n) is 4.43. The molecule has 0 heterocycles. The van der Waals surface area contributed by atoms with E-state index in [-0.39, 0.29) is 5.91 Å². The van der Waals surface area contributed by atoms with Gasteiger partial charge >= 0.3 is 0 Å². The Balaban J connectivity index is 3.00. The first-order valence-corrected chi connectivity index (χ1v) is 4.43. The number of allylic oxidation sites excluding steroid dienone is 1. The van der Waals surface area contributed by atoms with E-state index in [2.05, 4.69) is 6.58 Å². The Labute approximate surface area is 84.2 Å². The average molecular weight is 187 g/mol. The molecular formula is C12H13NO. The van der Waals surface area contributed by atoms with E-state index in [1.54, 1.807) is 11.1 Å². The molecule has 1 aromatic rings. The van der Waals surface area contributed by atoms with E-state index in [0.717, 1.165) is 5.69 Å². The number of nitrogens with zero attached hydrogens (tertiary/aromatic N) is 1. The van der Waals surface area contributed by atoms with Gasteiger partial charge in [-0.25, -0.2) is 0 Å². The Kier molecular flexibility index (Phi) is 3.68. The maximum Gasteiger partial charge on any atom is 0.254 e. The van der Waals surface area contributed by atoms with Crippen molar-refractivity contribution in [3.63, 3.8) is 0 Å². The van der Waals surface area contributed by atoms with Gasteiger partial charge in [-0.2, -0.15) is 0 Å². The van der Waals surface area contributed by atoms with Crippen LogP contribution in [0.25, 0.3) is 0 Å². The van der Waals surface area contributed by atoms with Crippen LogP contribution >= 0.6 is 0 Å². The summed E-state index contributed by atoms with van der Waals surface area (Å²) in [6.45, 7) is 5.33. The van der Waals surface area contributed by atoms with Crippen LogP contribution in [-0.4, -0.2) is 5.91 Å². The van der Waals surface area contributed by atoms with Gasteiger partial charge in [0.2, 0.25) is 0 Å². The second-order valence-electron chi connectivity index (χ2n) is 2.73. The molecule has 1 rings (SSSR count). The normalized spacial score (nSPS) is 10.1. The summed E-state index contributed by atoms with van der Waals surface area (Å²) in [5.74, 6) is -0.130. The summed E-state index contributed by atoms with van der Waals surface area (Å²) < 4.78 is 0. The highest BCUT2D eigenvalue weighted by Crippen LogP contribution is 2.13. The van der Waals surface area contributed by atoms with Gasteiger partial charge in [-0.05, 0) is 25.1 Å². The number of hydrogen-bond donors (Lipinski definition) is 0. The summed E-state index contributed by atoms with van der Waals surface area (Å²) in [4.78, 5) is 13.0. The first kappa shape index (κ1) is 10.3. The number of amides is 1. The minimum Gasteiger partial charge on any atom is -0.285 e. The molecule has 0 saturated carbocycles. The Bertz CT molecular complexity index is 341. The van der Waals surface area contributed by atoms with Crippen molar-refractivity contribution in [2.75, 3.05) is 4.90 Å². The van der Waals surface area contributed by atoms with Crippen molar-refractivity contribution in [2.45, 2.75) is 6.92 Å². The van der Waals surface area contributed by atoms with Gasteiger partial charge in [-0.15, -0.1) is 0 Å². The summed E-state index contributed by atoms with van der Waals surface area (Å²) in [5, 5.41) is 0. The van der Waals surface area contributed by atoms with E-state index in [9.17, 15) is 4.79 Å². The Hall–Kier alpha value is -1.83. The molecule has 2 nitrogen and oxygen atoms in total. The van der Waals surface area contributed by atoms with Crippen LogP contribution in [0.2, 0.25) is 0 Å². The van der Waals surface area contributed by atoms with Crippen LogP contribution in [0.15, 0.2) is 55.3 Å². The van der Waals surface area contributed by atoms with Gasteiger partial charge in [0.1, 0.15) is 0 Å². The van der Waals surface area contributed by atoms with Crippen LogP contribution in [0.1, 0.15) is 6.92 Å². The third kappa shape index (κ3) is 2.33. The van der Waals surface area contributed by atoms with E-state index in [1.165, 1.54) is 6.08 Å². The summed E-state index contributed by atoms with van der Waals surface area (Å²) >= 11 is 0. The molecule has 2 heteroatoms. The predicted molar refractivity (Wildman–Crippen MR) is 58.9 cm³/mol. The Morgan fingerprint density at radius 2 is 2.00 bits per heavy atom. The highest BCUT2D eigenvalue weighted by atomic mass is 16.2. The lowest BCUT2D eigenvalue weighted by Gasteiger charge is -2.15. The van der Waals surface area contributed by atoms with Crippen LogP contribution in [0.3, 0.4) is 0 Å². The highest BCUT2D eigenvalue weighted by Gasteiger charge is 2.07. The van der Waals surface area contributed by atoms with Gasteiger partial charge in [-0.1, -0.05) is 30.9 Å². The number of para-hydroxylation sites is 1. The third-order valence-electron chi connectivity index (χ3n) is 1.74. The van der Waals surface area contributed by atoms with E-state index in [1.807, 2.05) is 43.3 Å². The highest BCUT2D eigenvalue weighted by molar-refractivity contribution is 6.02. The van der Waals surface area contributed by atoms with Crippen molar-refractivity contribution in [3.8, 4) is 0 Å². The second-order valence-corrected chi connectivity index (χ2v) is 2.73. The van der Waals surface area contributed by atoms with Gasteiger partial charge in [0, 0.05) is 11.9 Å². The molecule has 72 valence electrons. The number of carbonyl (C=O) groups is 1. The molecule has 0 aliphatic rings. The SMILES string of the molecule is C=CC(=O)N(C=CC)c1ccccc1. The maximum absolute atomic E-state index is 11.5. The molecule has 0 bridgehead atoms. The number of rotatable bonds is 3. The fraction of sp³-hybridized carbons (Fsp3) is 0.0833. The number of anilines is 1. The van der Waals surface area contributed by atoms with E-state index < -0.39 is 0 Å². The molecule has 0 atom stereocenters. The zero-order valence-electron chi connectivity index (χ0n) is 8.18. The van der Waals surface area contributed by atoms with E-state index in [0.29, 0.717) is 0 Å². The first-order chi connectivity index (χ1) is 6.79. The molecule has 0 aliphatic carbocycles. The van der Waals surface area contributed by atoms with Crippen LogP contribution in [0.4, 0.5) is 5.69 Å². The maximum atomic E-state index is 11.5. The Morgan fingerprint density at radius 1 is 1.36 bits per heavy atom. The van der Waals surface area contributed by atoms with Gasteiger partial charge in [0.25, 0.3) is 5.91 Å². The van der Waals surface area contributed by atoms with Gasteiger partial charge in [-0.3, -0.25) is 9.69 Å². The lowest BCUT2D eigenvalue weighted by molar-refractivity contribution is -0.113. The van der Waals surface area contributed by atoms with Crippen molar-refractivity contribution < 1.29 is 4.79 Å². The van der Waals surface area contributed by atoms with Crippen LogP contribution < -0.4 is 4.90 Å². The van der Waals surface area contributed by atoms with Gasteiger partial charge < -0.3 is 0 Å². The molecular weight excluding hydrogens is 174 g/mol. The summed E-state index contributed by atoms with van der Waals surface area (Å²) in [6.07, 6.45) is 4.83. The Morgan fingerprint density at radius 3 is 2.50 bits per heavy atom. The predicted octanol–water partition coefficient (Wildman–Crippen LogP) is 2.74. The smallest absolute Gasteiger partial charge is 0.254 e. The number of hydrogen-bond acceptors (Lipinski definition) is 1. The monoisotopic (exact) mass is 187 g/mol. The van der Waals surface area contributed by atoms with Crippen LogP contribution in [0.5, 0.6) is 0 Å². The molecule has 0 aromatic heterocycles. The summed E-state index contributed by atoms with van der Waals surface area (Å²) in [5.41, 5.74) is 0.843. The van der Waals surface area contributed by atoms with E-state index >= 15 is 0 Å². The topological polar surface area (TPSA) is 20.3 Å². The molecule has 1 amide bonds. The fourth-order valence-electron chi connectivity index (χ4n) is 1.12. The molecule has 14 heavy (non-hydrogen) atoms. The molecule has 0 saturated heterocycles. The lowest BCUT2D eigenvalue weighted by atomic mass is 10.3. The molecule has 0 spiro atoms. The van der Waals surface area contributed by atoms with Crippen LogP contribution in [0, 0.1) is 0 Å². The van der Waals surface area contributed by atoms with E-state index in [4.69, 9.17) is 0 Å². The minimum atomic E-state index is -0.130. The zero-order valence-corrected chi connectivity index (χ0v) is 8.18. The zero-order chi connectivity index (χ0) is 10.4. The molecule has 0 fully saturated rings. The minimum absolute atomic E-state index is 0.130. The lowest BCUT2D eigenvalue weighted by Crippen LogP contribution is -2.22. The average Bonchev–Trinajstić information content (AvgIpc) is 2.26. The molecule has 0 N–H and O–H groups in total. The fourth-order valence-corrected chi connectivity index (χ4v) is 1.12. The van der Waals surface area contributed by atoms with Gasteiger partial charge in [0.15, 0.2) is 0 Å². The third-order valence-corrected chi connectivity index (χ3v) is 1.74. The molecule has 0 radical (unpaired) electrons. The molecule has 1 aromatic carbocycles. The molecule has 0 aliphatic heterocycles. The number of carbonyl (C=O) groups excluding carboxylic acids is 1. The van der Waals surface area contributed by atoms with Crippen LogP contribution in [-0.2, 0) is 4.79 Å². The van der Waals surface area contributed by atoms with Crippen molar-refractivity contribution in [1.29, 1.82) is 0 Å². The van der Waals surface area contributed by atoms with Crippen molar-refractivity contribution in [3.05, 3.63) is 55.3 Å². The molecule has 0 unspecified atom stereocenters. The van der Waals surface area contributed by atoms with Crippen molar-refractivity contribution in [2.24, 2.45) is 0 Å². The summed E-state index contributed by atoms with van der Waals surface area (Å²) in [6, 6.07) is 9.45.